The molecule has 1 fully saturated rings. The molecule has 164 valence electrons. The molecule has 9 heteroatoms. The average molecular weight is 433 g/mol. The normalized spacial score (nSPS) is 16.0. The minimum Gasteiger partial charge on any atom is -0.481 e. The molecule has 0 radical (unpaired) electrons. The molecule has 4 heterocycles. The Morgan fingerprint density at radius 3 is 2.62 bits per heavy atom. The first-order valence-corrected chi connectivity index (χ1v) is 10.5. The van der Waals surface area contributed by atoms with Crippen LogP contribution < -0.4 is 19.1 Å². The Morgan fingerprint density at radius 2 is 1.88 bits per heavy atom. The number of nitrogens with zero attached hydrogens (tertiary/aromatic N) is 5. The van der Waals surface area contributed by atoms with Crippen LogP contribution >= 0.6 is 0 Å². The molecule has 2 aliphatic heterocycles. The van der Waals surface area contributed by atoms with Gasteiger partial charge in [0.1, 0.15) is 5.75 Å². The standard InChI is InChI=1S/C23H23N5O4/c1-16(32-18-4-6-20-21(13-18)31-15-30-20)23(29)28-11-9-27(10-12-28)22-7-5-19(25-26-22)17-3-2-8-24-14-17/h2-8,13-14,16H,9-12,15H2,1H3. The van der Waals surface area contributed by atoms with Crippen LogP contribution in [0.1, 0.15) is 6.92 Å². The highest BCUT2D eigenvalue weighted by molar-refractivity contribution is 5.81. The highest BCUT2D eigenvalue weighted by Gasteiger charge is 2.27. The van der Waals surface area contributed by atoms with E-state index < -0.39 is 6.10 Å². The summed E-state index contributed by atoms with van der Waals surface area (Å²) in [6.45, 7) is 4.53. The molecule has 0 bridgehead atoms. The summed E-state index contributed by atoms with van der Waals surface area (Å²) in [4.78, 5) is 20.9. The number of aromatic nitrogens is 3. The summed E-state index contributed by atoms with van der Waals surface area (Å²) in [7, 11) is 0. The maximum absolute atomic E-state index is 12.9. The minimum atomic E-state index is -0.597. The molecule has 5 rings (SSSR count). The first-order chi connectivity index (χ1) is 15.7. The Hall–Kier alpha value is -3.88. The first kappa shape index (κ1) is 20.0. The van der Waals surface area contributed by atoms with E-state index >= 15 is 0 Å². The number of benzene rings is 1. The van der Waals surface area contributed by atoms with Gasteiger partial charge in [-0.3, -0.25) is 9.78 Å². The maximum Gasteiger partial charge on any atom is 0.263 e. The second-order valence-electron chi connectivity index (χ2n) is 7.61. The van der Waals surface area contributed by atoms with E-state index in [1.54, 1.807) is 37.5 Å². The quantitative estimate of drug-likeness (QED) is 0.606. The van der Waals surface area contributed by atoms with Gasteiger partial charge in [-0.1, -0.05) is 0 Å². The van der Waals surface area contributed by atoms with Crippen molar-refractivity contribution in [1.82, 2.24) is 20.1 Å². The molecule has 3 aromatic rings. The number of fused-ring (bicyclic) bond motifs is 1. The third-order valence-corrected chi connectivity index (χ3v) is 5.53. The number of piperazine rings is 1. The Kier molecular flexibility index (Phi) is 5.45. The van der Waals surface area contributed by atoms with Crippen LogP contribution in [0.15, 0.2) is 54.9 Å². The summed E-state index contributed by atoms with van der Waals surface area (Å²) in [6.07, 6.45) is 2.90. The van der Waals surface area contributed by atoms with Gasteiger partial charge < -0.3 is 24.0 Å². The van der Waals surface area contributed by atoms with Crippen molar-refractivity contribution < 1.29 is 19.0 Å². The lowest BCUT2D eigenvalue weighted by Gasteiger charge is -2.36. The Morgan fingerprint density at radius 1 is 1.03 bits per heavy atom. The number of ether oxygens (including phenoxy) is 3. The largest absolute Gasteiger partial charge is 0.481 e. The average Bonchev–Trinajstić information content (AvgIpc) is 3.32. The van der Waals surface area contributed by atoms with Gasteiger partial charge in [0.25, 0.3) is 5.91 Å². The second-order valence-corrected chi connectivity index (χ2v) is 7.61. The fourth-order valence-corrected chi connectivity index (χ4v) is 3.78. The van der Waals surface area contributed by atoms with E-state index in [1.165, 1.54) is 0 Å². The number of pyridine rings is 1. The van der Waals surface area contributed by atoms with E-state index in [2.05, 4.69) is 20.1 Å². The number of rotatable bonds is 5. The van der Waals surface area contributed by atoms with E-state index in [0.29, 0.717) is 43.4 Å². The number of carbonyl (C=O) groups is 1. The zero-order valence-corrected chi connectivity index (χ0v) is 17.7. The van der Waals surface area contributed by atoms with Crippen molar-refractivity contribution in [2.24, 2.45) is 0 Å². The van der Waals surface area contributed by atoms with Crippen LogP contribution in [0.25, 0.3) is 11.3 Å². The molecule has 1 atom stereocenters. The zero-order chi connectivity index (χ0) is 21.9. The topological polar surface area (TPSA) is 89.9 Å². The van der Waals surface area contributed by atoms with Gasteiger partial charge in [-0.2, -0.15) is 0 Å². The van der Waals surface area contributed by atoms with Crippen molar-refractivity contribution in [2.75, 3.05) is 37.9 Å². The highest BCUT2D eigenvalue weighted by Crippen LogP contribution is 2.35. The summed E-state index contributed by atoms with van der Waals surface area (Å²) in [5.41, 5.74) is 1.71. The molecule has 2 aliphatic rings. The van der Waals surface area contributed by atoms with Crippen LogP contribution in [0.5, 0.6) is 17.2 Å². The van der Waals surface area contributed by atoms with Crippen molar-refractivity contribution in [2.45, 2.75) is 13.0 Å². The van der Waals surface area contributed by atoms with Crippen LogP contribution in [-0.4, -0.2) is 65.1 Å². The van der Waals surface area contributed by atoms with Crippen LogP contribution in [0.3, 0.4) is 0 Å². The molecule has 1 amide bonds. The molecule has 2 aromatic heterocycles. The minimum absolute atomic E-state index is 0.0414. The van der Waals surface area contributed by atoms with Crippen LogP contribution in [0.4, 0.5) is 5.82 Å². The molecular formula is C23H23N5O4. The van der Waals surface area contributed by atoms with E-state index in [1.807, 2.05) is 29.2 Å². The van der Waals surface area contributed by atoms with Gasteiger partial charge in [0.2, 0.25) is 6.79 Å². The molecule has 0 aliphatic carbocycles. The van der Waals surface area contributed by atoms with Crippen molar-refractivity contribution >= 4 is 11.7 Å². The molecule has 1 aromatic carbocycles. The lowest BCUT2D eigenvalue weighted by molar-refractivity contribution is -0.138. The summed E-state index contributed by atoms with van der Waals surface area (Å²) in [6, 6.07) is 13.0. The number of hydrogen-bond donors (Lipinski definition) is 0. The molecule has 1 saturated heterocycles. The van der Waals surface area contributed by atoms with Crippen molar-refractivity contribution in [1.29, 1.82) is 0 Å². The number of anilines is 1. The van der Waals surface area contributed by atoms with E-state index in [4.69, 9.17) is 14.2 Å². The van der Waals surface area contributed by atoms with E-state index in [0.717, 1.165) is 17.1 Å². The molecule has 0 spiro atoms. The molecule has 32 heavy (non-hydrogen) atoms. The smallest absolute Gasteiger partial charge is 0.263 e. The van der Waals surface area contributed by atoms with E-state index in [-0.39, 0.29) is 12.7 Å². The predicted molar refractivity (Wildman–Crippen MR) is 117 cm³/mol. The monoisotopic (exact) mass is 433 g/mol. The zero-order valence-electron chi connectivity index (χ0n) is 17.7. The van der Waals surface area contributed by atoms with Gasteiger partial charge in [-0.15, -0.1) is 10.2 Å². The fourth-order valence-electron chi connectivity index (χ4n) is 3.78. The van der Waals surface area contributed by atoms with Gasteiger partial charge in [0, 0.05) is 50.2 Å². The second kappa shape index (κ2) is 8.70. The molecular weight excluding hydrogens is 410 g/mol. The van der Waals surface area contributed by atoms with Gasteiger partial charge in [0.15, 0.2) is 23.4 Å². The van der Waals surface area contributed by atoms with Crippen LogP contribution in [0, 0.1) is 0 Å². The van der Waals surface area contributed by atoms with Crippen LogP contribution in [-0.2, 0) is 4.79 Å². The lowest BCUT2D eigenvalue weighted by atomic mass is 10.2. The third kappa shape index (κ3) is 4.14. The van der Waals surface area contributed by atoms with Gasteiger partial charge in [0.05, 0.1) is 5.69 Å². The molecule has 9 nitrogen and oxygen atoms in total. The third-order valence-electron chi connectivity index (χ3n) is 5.53. The highest BCUT2D eigenvalue weighted by atomic mass is 16.7. The van der Waals surface area contributed by atoms with Crippen molar-refractivity contribution in [3.63, 3.8) is 0 Å². The van der Waals surface area contributed by atoms with Gasteiger partial charge in [-0.05, 0) is 43.3 Å². The number of hydrogen-bond acceptors (Lipinski definition) is 8. The summed E-state index contributed by atoms with van der Waals surface area (Å²) in [5.74, 6) is 2.66. The fraction of sp³-hybridized carbons (Fsp3) is 0.304. The van der Waals surface area contributed by atoms with E-state index in [9.17, 15) is 4.79 Å². The summed E-state index contributed by atoms with van der Waals surface area (Å²) in [5, 5.41) is 8.69. The Bertz CT molecular complexity index is 1090. The van der Waals surface area contributed by atoms with Crippen molar-refractivity contribution in [3.8, 4) is 28.5 Å². The summed E-state index contributed by atoms with van der Waals surface area (Å²) < 4.78 is 16.5. The molecule has 0 N–H and O–H groups in total. The summed E-state index contributed by atoms with van der Waals surface area (Å²) >= 11 is 0. The predicted octanol–water partition coefficient (Wildman–Crippen LogP) is 2.38. The Balaban J connectivity index is 1.16. The number of amides is 1. The maximum atomic E-state index is 12.9. The van der Waals surface area contributed by atoms with Crippen molar-refractivity contribution in [3.05, 3.63) is 54.9 Å². The Labute approximate surface area is 185 Å². The first-order valence-electron chi connectivity index (χ1n) is 10.5. The molecule has 1 unspecified atom stereocenters. The number of carbonyl (C=O) groups excluding carboxylic acids is 1. The lowest BCUT2D eigenvalue weighted by Crippen LogP contribution is -2.52. The van der Waals surface area contributed by atoms with Gasteiger partial charge in [-0.25, -0.2) is 0 Å². The van der Waals surface area contributed by atoms with Crippen LogP contribution in [0.2, 0.25) is 0 Å². The SMILES string of the molecule is CC(Oc1ccc2c(c1)OCO2)C(=O)N1CCN(c2ccc(-c3cccnc3)nn2)CC1. The molecule has 0 saturated carbocycles. The van der Waals surface area contributed by atoms with Gasteiger partial charge >= 0.3 is 0 Å².